The van der Waals surface area contributed by atoms with E-state index in [0.29, 0.717) is 17.9 Å². The van der Waals surface area contributed by atoms with Crippen molar-refractivity contribution in [3.8, 4) is 0 Å². The summed E-state index contributed by atoms with van der Waals surface area (Å²) in [5, 5.41) is 0. The van der Waals surface area contributed by atoms with Crippen molar-refractivity contribution in [3.05, 3.63) is 0 Å². The summed E-state index contributed by atoms with van der Waals surface area (Å²) in [6, 6.07) is 0.319. The van der Waals surface area contributed by atoms with E-state index in [1.807, 2.05) is 25.7 Å². The van der Waals surface area contributed by atoms with E-state index in [1.165, 1.54) is 25.7 Å². The lowest BCUT2D eigenvalue weighted by molar-refractivity contribution is 0.0281. The molecule has 5 heteroatoms. The second-order valence-corrected chi connectivity index (χ2v) is 8.19. The van der Waals surface area contributed by atoms with Gasteiger partial charge < -0.3 is 9.64 Å². The molecule has 2 rings (SSSR count). The highest BCUT2D eigenvalue weighted by atomic mass is 16.6. The molecule has 1 saturated carbocycles. The molecule has 1 heterocycles. The minimum Gasteiger partial charge on any atom is -0.444 e. The zero-order valence-electron chi connectivity index (χ0n) is 14.6. The maximum atomic E-state index is 12.2. The van der Waals surface area contributed by atoms with E-state index in [9.17, 15) is 4.79 Å². The molecule has 2 atom stereocenters. The first kappa shape index (κ1) is 17.5. The second-order valence-electron chi connectivity index (χ2n) is 8.19. The number of rotatable bonds is 3. The molecule has 0 bridgehead atoms. The zero-order valence-corrected chi connectivity index (χ0v) is 14.6. The van der Waals surface area contributed by atoms with Crippen LogP contribution in [0.15, 0.2) is 0 Å². The molecule has 1 saturated heterocycles. The maximum Gasteiger partial charge on any atom is 0.410 e. The van der Waals surface area contributed by atoms with Gasteiger partial charge in [0.05, 0.1) is 0 Å². The molecule has 0 aromatic heterocycles. The number of carbonyl (C=O) groups is 1. The van der Waals surface area contributed by atoms with Crippen molar-refractivity contribution in [2.24, 2.45) is 23.6 Å². The van der Waals surface area contributed by atoms with Crippen LogP contribution in [0.2, 0.25) is 0 Å². The van der Waals surface area contributed by atoms with Crippen LogP contribution in [0.4, 0.5) is 4.79 Å². The van der Waals surface area contributed by atoms with Crippen LogP contribution >= 0.6 is 0 Å². The molecule has 0 spiro atoms. The van der Waals surface area contributed by atoms with Gasteiger partial charge >= 0.3 is 6.09 Å². The zero-order chi connectivity index (χ0) is 16.3. The standard InChI is InChI=1S/C17H33N3O2/c1-12-5-7-13(8-6-12)15(19-18)14-9-10-20(11-14)16(21)22-17(2,3)4/h12-15,19H,5-11,18H2,1-4H3. The van der Waals surface area contributed by atoms with Crippen molar-refractivity contribution >= 4 is 6.09 Å². The van der Waals surface area contributed by atoms with Gasteiger partial charge in [0, 0.05) is 19.1 Å². The van der Waals surface area contributed by atoms with E-state index >= 15 is 0 Å². The van der Waals surface area contributed by atoms with Crippen LogP contribution in [0, 0.1) is 17.8 Å². The predicted molar refractivity (Wildman–Crippen MR) is 88.1 cm³/mol. The third-order valence-corrected chi connectivity index (χ3v) is 5.15. The third-order valence-electron chi connectivity index (χ3n) is 5.15. The van der Waals surface area contributed by atoms with Crippen molar-refractivity contribution in [2.45, 2.75) is 71.4 Å². The first-order valence-corrected chi connectivity index (χ1v) is 8.74. The molecule has 0 radical (unpaired) electrons. The lowest BCUT2D eigenvalue weighted by Gasteiger charge is -2.35. The number of nitrogens with two attached hydrogens (primary N) is 1. The van der Waals surface area contributed by atoms with Gasteiger partial charge in [0.15, 0.2) is 0 Å². The summed E-state index contributed by atoms with van der Waals surface area (Å²) in [5.41, 5.74) is 2.63. The Balaban J connectivity index is 1.89. The molecule has 3 N–H and O–H groups in total. The summed E-state index contributed by atoms with van der Waals surface area (Å²) in [4.78, 5) is 14.0. The van der Waals surface area contributed by atoms with Gasteiger partial charge in [-0.05, 0) is 57.8 Å². The van der Waals surface area contributed by atoms with E-state index < -0.39 is 5.60 Å². The van der Waals surface area contributed by atoms with Gasteiger partial charge in [-0.1, -0.05) is 19.8 Å². The Hall–Kier alpha value is -0.810. The number of likely N-dealkylation sites (tertiary alicyclic amines) is 1. The molecule has 1 aliphatic heterocycles. The van der Waals surface area contributed by atoms with Crippen molar-refractivity contribution in [1.82, 2.24) is 10.3 Å². The Bertz CT molecular complexity index is 373. The highest BCUT2D eigenvalue weighted by Crippen LogP contribution is 2.35. The van der Waals surface area contributed by atoms with E-state index in [-0.39, 0.29) is 6.09 Å². The number of carbonyl (C=O) groups excluding carboxylic acids is 1. The van der Waals surface area contributed by atoms with Gasteiger partial charge in [-0.25, -0.2) is 4.79 Å². The molecule has 5 nitrogen and oxygen atoms in total. The fourth-order valence-corrected chi connectivity index (χ4v) is 3.87. The normalized spacial score (nSPS) is 31.1. The van der Waals surface area contributed by atoms with E-state index in [4.69, 9.17) is 10.6 Å². The number of hydrazine groups is 1. The number of amides is 1. The molecule has 0 aromatic carbocycles. The number of hydrogen-bond donors (Lipinski definition) is 2. The van der Waals surface area contributed by atoms with Crippen molar-refractivity contribution in [3.63, 3.8) is 0 Å². The van der Waals surface area contributed by atoms with Crippen molar-refractivity contribution < 1.29 is 9.53 Å². The van der Waals surface area contributed by atoms with Crippen LogP contribution < -0.4 is 11.3 Å². The second kappa shape index (κ2) is 7.18. The summed E-state index contributed by atoms with van der Waals surface area (Å²) < 4.78 is 5.48. The van der Waals surface area contributed by atoms with Crippen LogP contribution in [-0.2, 0) is 4.74 Å². The van der Waals surface area contributed by atoms with Crippen LogP contribution in [0.3, 0.4) is 0 Å². The predicted octanol–water partition coefficient (Wildman–Crippen LogP) is 2.90. The molecule has 128 valence electrons. The maximum absolute atomic E-state index is 12.2. The molecule has 2 aliphatic rings. The highest BCUT2D eigenvalue weighted by molar-refractivity contribution is 5.68. The molecular formula is C17H33N3O2. The lowest BCUT2D eigenvalue weighted by Crippen LogP contribution is -2.48. The topological polar surface area (TPSA) is 67.6 Å². The van der Waals surface area contributed by atoms with E-state index in [1.54, 1.807) is 0 Å². The first-order valence-electron chi connectivity index (χ1n) is 8.74. The number of hydrogen-bond acceptors (Lipinski definition) is 4. The van der Waals surface area contributed by atoms with Crippen LogP contribution in [0.5, 0.6) is 0 Å². The average molecular weight is 311 g/mol. The van der Waals surface area contributed by atoms with Gasteiger partial charge in [-0.15, -0.1) is 0 Å². The van der Waals surface area contributed by atoms with Crippen LogP contribution in [0.25, 0.3) is 0 Å². The molecule has 0 aromatic rings. The van der Waals surface area contributed by atoms with Gasteiger partial charge in [-0.2, -0.15) is 0 Å². The fraction of sp³-hybridized carbons (Fsp3) is 0.941. The first-order chi connectivity index (χ1) is 10.3. The average Bonchev–Trinajstić information content (AvgIpc) is 2.89. The van der Waals surface area contributed by atoms with E-state index in [0.717, 1.165) is 25.4 Å². The highest BCUT2D eigenvalue weighted by Gasteiger charge is 2.37. The van der Waals surface area contributed by atoms with Gasteiger partial charge in [-0.3, -0.25) is 11.3 Å². The molecule has 2 unspecified atom stereocenters. The molecular weight excluding hydrogens is 278 g/mol. The summed E-state index contributed by atoms with van der Waals surface area (Å²) >= 11 is 0. The Kier molecular flexibility index (Phi) is 5.72. The number of ether oxygens (including phenoxy) is 1. The Morgan fingerprint density at radius 1 is 1.18 bits per heavy atom. The lowest BCUT2D eigenvalue weighted by atomic mass is 9.75. The van der Waals surface area contributed by atoms with Crippen molar-refractivity contribution in [2.75, 3.05) is 13.1 Å². The third kappa shape index (κ3) is 4.59. The molecule has 22 heavy (non-hydrogen) atoms. The van der Waals surface area contributed by atoms with Crippen LogP contribution in [0.1, 0.15) is 59.8 Å². The smallest absolute Gasteiger partial charge is 0.410 e. The van der Waals surface area contributed by atoms with Gasteiger partial charge in [0.1, 0.15) is 5.60 Å². The SMILES string of the molecule is CC1CCC(C(NN)C2CCN(C(=O)OC(C)(C)C)C2)CC1. The van der Waals surface area contributed by atoms with Crippen LogP contribution in [-0.4, -0.2) is 35.7 Å². The quantitative estimate of drug-likeness (QED) is 0.621. The van der Waals surface area contributed by atoms with Gasteiger partial charge in [0.25, 0.3) is 0 Å². The summed E-state index contributed by atoms with van der Waals surface area (Å²) in [6.07, 6.45) is 5.91. The summed E-state index contributed by atoms with van der Waals surface area (Å²) in [7, 11) is 0. The largest absolute Gasteiger partial charge is 0.444 e. The number of nitrogens with one attached hydrogen (secondary N) is 1. The molecule has 1 amide bonds. The van der Waals surface area contributed by atoms with Gasteiger partial charge in [0.2, 0.25) is 0 Å². The minimum atomic E-state index is -0.430. The summed E-state index contributed by atoms with van der Waals surface area (Å²) in [5.74, 6) is 7.78. The Labute approximate surface area is 134 Å². The molecule has 2 fully saturated rings. The Morgan fingerprint density at radius 3 is 2.36 bits per heavy atom. The molecule has 1 aliphatic carbocycles. The monoisotopic (exact) mass is 311 g/mol. The Morgan fingerprint density at radius 2 is 1.82 bits per heavy atom. The van der Waals surface area contributed by atoms with E-state index in [2.05, 4.69) is 12.3 Å². The van der Waals surface area contributed by atoms with Crippen molar-refractivity contribution in [1.29, 1.82) is 0 Å². The minimum absolute atomic E-state index is 0.192. The number of nitrogens with zero attached hydrogens (tertiary/aromatic N) is 1. The summed E-state index contributed by atoms with van der Waals surface area (Å²) in [6.45, 7) is 9.60. The fourth-order valence-electron chi connectivity index (χ4n) is 3.87.